The lowest BCUT2D eigenvalue weighted by atomic mass is 10.0. The number of hydrogen-bond acceptors (Lipinski definition) is 3. The molecule has 0 fully saturated rings. The van der Waals surface area contributed by atoms with Crippen LogP contribution in [0.25, 0.3) is 11.1 Å². The normalized spacial score (nSPS) is 10.9. The highest BCUT2D eigenvalue weighted by molar-refractivity contribution is 5.77. The number of nitrogens with one attached hydrogen (secondary N) is 1. The molecule has 0 unspecified atom stereocenters. The Morgan fingerprint density at radius 1 is 1.21 bits per heavy atom. The summed E-state index contributed by atoms with van der Waals surface area (Å²) in [5.41, 5.74) is 4.62. The summed E-state index contributed by atoms with van der Waals surface area (Å²) in [4.78, 5) is 23.5. The van der Waals surface area contributed by atoms with Gasteiger partial charge in [-0.15, -0.1) is 0 Å². The van der Waals surface area contributed by atoms with Crippen molar-refractivity contribution in [1.29, 1.82) is 0 Å². The van der Waals surface area contributed by atoms with Crippen molar-refractivity contribution in [3.05, 3.63) is 69.7 Å². The zero-order valence-electron chi connectivity index (χ0n) is 13.8. The van der Waals surface area contributed by atoms with Gasteiger partial charge < -0.3 is 9.73 Å². The van der Waals surface area contributed by atoms with Gasteiger partial charge in [-0.3, -0.25) is 9.36 Å². The molecule has 2 aromatic carbocycles. The number of fused-ring (bicyclic) bond motifs is 1. The Balaban J connectivity index is 1.59. The molecule has 3 rings (SSSR count). The highest BCUT2D eigenvalue weighted by Crippen LogP contribution is 2.14. The van der Waals surface area contributed by atoms with Crippen LogP contribution in [0.1, 0.15) is 23.1 Å². The average molecular weight is 324 g/mol. The fraction of sp³-hybridized carbons (Fsp3) is 0.263. The van der Waals surface area contributed by atoms with Crippen molar-refractivity contribution < 1.29 is 9.21 Å². The number of amides is 1. The summed E-state index contributed by atoms with van der Waals surface area (Å²) in [5, 5.41) is 2.92. The van der Waals surface area contributed by atoms with Crippen LogP contribution in [-0.4, -0.2) is 10.5 Å². The van der Waals surface area contributed by atoms with E-state index >= 15 is 0 Å². The van der Waals surface area contributed by atoms with Gasteiger partial charge in [0.1, 0.15) is 0 Å². The highest BCUT2D eigenvalue weighted by Gasteiger charge is 2.08. The number of oxazole rings is 1. The highest BCUT2D eigenvalue weighted by atomic mass is 16.4. The van der Waals surface area contributed by atoms with E-state index in [1.807, 2.05) is 24.3 Å². The molecule has 3 aromatic rings. The van der Waals surface area contributed by atoms with Crippen LogP contribution in [0, 0.1) is 6.92 Å². The molecule has 1 heterocycles. The Bertz CT molecular complexity index is 937. The summed E-state index contributed by atoms with van der Waals surface area (Å²) >= 11 is 0. The van der Waals surface area contributed by atoms with Gasteiger partial charge in [0.15, 0.2) is 5.58 Å². The largest absolute Gasteiger partial charge is 0.419 e. The minimum atomic E-state index is -0.385. The van der Waals surface area contributed by atoms with Crippen LogP contribution in [0.15, 0.2) is 51.7 Å². The summed E-state index contributed by atoms with van der Waals surface area (Å²) < 4.78 is 6.56. The lowest BCUT2D eigenvalue weighted by Crippen LogP contribution is -2.23. The fourth-order valence-corrected chi connectivity index (χ4v) is 2.71. The van der Waals surface area contributed by atoms with E-state index in [4.69, 9.17) is 4.42 Å². The van der Waals surface area contributed by atoms with Gasteiger partial charge in [0.2, 0.25) is 5.91 Å². The number of benzene rings is 2. The number of aromatic nitrogens is 1. The number of nitrogens with zero attached hydrogens (tertiary/aromatic N) is 1. The maximum Gasteiger partial charge on any atom is 0.419 e. The minimum absolute atomic E-state index is 0.0134. The molecule has 124 valence electrons. The molecule has 0 saturated carbocycles. The van der Waals surface area contributed by atoms with Crippen LogP contribution in [0.5, 0.6) is 0 Å². The third-order valence-corrected chi connectivity index (χ3v) is 4.23. The third kappa shape index (κ3) is 3.40. The van der Waals surface area contributed by atoms with Crippen LogP contribution in [0.3, 0.4) is 0 Å². The lowest BCUT2D eigenvalue weighted by molar-refractivity contribution is -0.121. The molecule has 0 spiro atoms. The molecule has 0 radical (unpaired) electrons. The Morgan fingerprint density at radius 2 is 2.00 bits per heavy atom. The first-order valence-electron chi connectivity index (χ1n) is 7.94. The zero-order chi connectivity index (χ0) is 17.1. The summed E-state index contributed by atoms with van der Waals surface area (Å²) in [6.45, 7) is 2.49. The monoisotopic (exact) mass is 324 g/mol. The number of carbonyl (C=O) groups is 1. The van der Waals surface area contributed by atoms with Gasteiger partial charge in [0, 0.05) is 20.0 Å². The maximum atomic E-state index is 12.1. The summed E-state index contributed by atoms with van der Waals surface area (Å²) in [6.07, 6.45) is 1.19. The van der Waals surface area contributed by atoms with E-state index in [0.717, 1.165) is 17.5 Å². The number of carbonyl (C=O) groups excluding carboxylic acids is 1. The van der Waals surface area contributed by atoms with Crippen molar-refractivity contribution >= 4 is 17.0 Å². The molecule has 24 heavy (non-hydrogen) atoms. The maximum absolute atomic E-state index is 12.1. The molecule has 5 heteroatoms. The Labute approximate surface area is 139 Å². The van der Waals surface area contributed by atoms with E-state index in [9.17, 15) is 9.59 Å². The van der Waals surface area contributed by atoms with Gasteiger partial charge in [0.05, 0.1) is 5.52 Å². The van der Waals surface area contributed by atoms with Gasteiger partial charge in [-0.05, 0) is 42.2 Å². The molecule has 0 bridgehead atoms. The number of rotatable bonds is 5. The first kappa shape index (κ1) is 16.1. The number of hydrogen-bond donors (Lipinski definition) is 1. The van der Waals surface area contributed by atoms with Gasteiger partial charge in [0.25, 0.3) is 0 Å². The predicted octanol–water partition coefficient (Wildman–Crippen LogP) is 2.69. The van der Waals surface area contributed by atoms with E-state index in [0.29, 0.717) is 18.5 Å². The second kappa shape index (κ2) is 6.74. The fourth-order valence-electron chi connectivity index (χ4n) is 2.71. The van der Waals surface area contributed by atoms with Gasteiger partial charge in [-0.1, -0.05) is 30.3 Å². The van der Waals surface area contributed by atoms with Gasteiger partial charge in [-0.2, -0.15) is 0 Å². The smallest absolute Gasteiger partial charge is 0.408 e. The van der Waals surface area contributed by atoms with Crippen LogP contribution in [0.2, 0.25) is 0 Å². The van der Waals surface area contributed by atoms with Crippen LogP contribution in [0.4, 0.5) is 0 Å². The molecule has 1 amide bonds. The summed E-state index contributed by atoms with van der Waals surface area (Å²) in [5.74, 6) is -0.371. The van der Waals surface area contributed by atoms with Crippen LogP contribution < -0.4 is 11.1 Å². The molecule has 0 aliphatic rings. The van der Waals surface area contributed by atoms with Gasteiger partial charge in [-0.25, -0.2) is 4.79 Å². The Kier molecular flexibility index (Phi) is 4.51. The molecule has 0 saturated heterocycles. The molecule has 0 aliphatic carbocycles. The number of aryl methyl sites for hydroxylation is 3. The Morgan fingerprint density at radius 3 is 2.79 bits per heavy atom. The molecule has 5 nitrogen and oxygen atoms in total. The molecule has 0 aliphatic heterocycles. The predicted molar refractivity (Wildman–Crippen MR) is 92.8 cm³/mol. The quantitative estimate of drug-likeness (QED) is 0.785. The molecule has 1 N–H and O–H groups in total. The van der Waals surface area contributed by atoms with Gasteiger partial charge >= 0.3 is 5.76 Å². The van der Waals surface area contributed by atoms with Crippen molar-refractivity contribution in [1.82, 2.24) is 9.88 Å². The first-order chi connectivity index (χ1) is 11.5. The van der Waals surface area contributed by atoms with Crippen molar-refractivity contribution in [3.8, 4) is 0 Å². The average Bonchev–Trinajstić information content (AvgIpc) is 2.86. The standard InChI is InChI=1S/C19H20N2O3/c1-13-5-3-4-6-15(13)8-10-18(22)20-12-14-7-9-17-16(11-14)21(2)19(23)24-17/h3-7,9,11H,8,10,12H2,1-2H3,(H,20,22). The molecule has 0 atom stereocenters. The molecule has 1 aromatic heterocycles. The minimum Gasteiger partial charge on any atom is -0.408 e. The van der Waals surface area contributed by atoms with E-state index in [-0.39, 0.29) is 11.7 Å². The van der Waals surface area contributed by atoms with E-state index in [2.05, 4.69) is 24.4 Å². The third-order valence-electron chi connectivity index (χ3n) is 4.23. The van der Waals surface area contributed by atoms with E-state index in [1.165, 1.54) is 15.7 Å². The van der Waals surface area contributed by atoms with E-state index < -0.39 is 0 Å². The lowest BCUT2D eigenvalue weighted by Gasteiger charge is -2.07. The van der Waals surface area contributed by atoms with Crippen molar-refractivity contribution in [3.63, 3.8) is 0 Å². The summed E-state index contributed by atoms with van der Waals surface area (Å²) in [6, 6.07) is 13.6. The SMILES string of the molecule is Cc1ccccc1CCC(=O)NCc1ccc2oc(=O)n(C)c2c1. The topological polar surface area (TPSA) is 64.2 Å². The van der Waals surface area contributed by atoms with Crippen LogP contribution in [-0.2, 0) is 24.8 Å². The van der Waals surface area contributed by atoms with Crippen molar-refractivity contribution in [2.24, 2.45) is 7.05 Å². The second-order valence-electron chi connectivity index (χ2n) is 5.93. The van der Waals surface area contributed by atoms with E-state index in [1.54, 1.807) is 13.1 Å². The molecular weight excluding hydrogens is 304 g/mol. The first-order valence-corrected chi connectivity index (χ1v) is 7.94. The summed E-state index contributed by atoms with van der Waals surface area (Å²) in [7, 11) is 1.67. The zero-order valence-corrected chi connectivity index (χ0v) is 13.8. The Hall–Kier alpha value is -2.82. The van der Waals surface area contributed by atoms with Crippen molar-refractivity contribution in [2.75, 3.05) is 0 Å². The second-order valence-corrected chi connectivity index (χ2v) is 5.93. The van der Waals surface area contributed by atoms with Crippen LogP contribution >= 0.6 is 0 Å². The molecular formula is C19H20N2O3. The van der Waals surface area contributed by atoms with Crippen molar-refractivity contribution in [2.45, 2.75) is 26.3 Å².